The van der Waals surface area contributed by atoms with Crippen LogP contribution >= 0.6 is 0 Å². The molecule has 0 aliphatic carbocycles. The second kappa shape index (κ2) is 5.82. The van der Waals surface area contributed by atoms with Gasteiger partial charge < -0.3 is 4.43 Å². The van der Waals surface area contributed by atoms with E-state index in [0.717, 1.165) is 11.6 Å². The van der Waals surface area contributed by atoms with E-state index in [9.17, 15) is 0 Å². The summed E-state index contributed by atoms with van der Waals surface area (Å²) in [5.74, 6) is 0.741. The molecule has 0 saturated carbocycles. The molecule has 0 aliphatic heterocycles. The fourth-order valence-electron chi connectivity index (χ4n) is 3.02. The second-order valence-corrected chi connectivity index (χ2v) is 11.3. The molecule has 18 heavy (non-hydrogen) atoms. The fourth-order valence-corrected chi connectivity index (χ4v) is 8.20. The largest absolute Gasteiger partial charge is 0.530 e. The molecule has 0 amide bonds. The van der Waals surface area contributed by atoms with Crippen molar-refractivity contribution in [3.05, 3.63) is 18.1 Å². The number of aryl methyl sites for hydroxylation is 1. The van der Waals surface area contributed by atoms with Crippen LogP contribution in [0.3, 0.4) is 0 Å². The highest BCUT2D eigenvalue weighted by Gasteiger charge is 2.47. The van der Waals surface area contributed by atoms with Crippen LogP contribution in [0.2, 0.25) is 16.6 Å². The van der Waals surface area contributed by atoms with Crippen molar-refractivity contribution in [3.63, 3.8) is 0 Å². The third kappa shape index (κ3) is 2.91. The van der Waals surface area contributed by atoms with Crippen molar-refractivity contribution in [2.75, 3.05) is 0 Å². The summed E-state index contributed by atoms with van der Waals surface area (Å²) in [6.45, 7) is 15.6. The number of aromatic nitrogens is 2. The Labute approximate surface area is 112 Å². The van der Waals surface area contributed by atoms with Gasteiger partial charge in [0.25, 0.3) is 8.32 Å². The summed E-state index contributed by atoms with van der Waals surface area (Å²) in [6, 6.07) is 1.94. The summed E-state index contributed by atoms with van der Waals surface area (Å²) >= 11 is 0. The van der Waals surface area contributed by atoms with E-state index in [4.69, 9.17) is 4.43 Å². The SMILES string of the molecule is Cc1cc(O[Si](C(C)C)(C(C)C)C(C)C)ncn1. The first-order chi connectivity index (χ1) is 8.30. The molecule has 4 heteroatoms. The van der Waals surface area contributed by atoms with Gasteiger partial charge in [0.05, 0.1) is 0 Å². The molecule has 0 fully saturated rings. The summed E-state index contributed by atoms with van der Waals surface area (Å²) in [7, 11) is -1.88. The van der Waals surface area contributed by atoms with Gasteiger partial charge in [-0.2, -0.15) is 0 Å². The Morgan fingerprint density at radius 1 is 0.944 bits per heavy atom. The first-order valence-electron chi connectivity index (χ1n) is 6.78. The number of nitrogens with zero attached hydrogens (tertiary/aromatic N) is 2. The van der Waals surface area contributed by atoms with Gasteiger partial charge in [-0.1, -0.05) is 41.5 Å². The highest BCUT2D eigenvalue weighted by Crippen LogP contribution is 2.42. The molecule has 0 bridgehead atoms. The lowest BCUT2D eigenvalue weighted by Gasteiger charge is -2.41. The number of rotatable bonds is 5. The van der Waals surface area contributed by atoms with Crippen molar-refractivity contribution in [3.8, 4) is 5.88 Å². The third-order valence-corrected chi connectivity index (χ3v) is 9.74. The maximum absolute atomic E-state index is 6.46. The molecule has 0 N–H and O–H groups in total. The Morgan fingerprint density at radius 3 is 1.83 bits per heavy atom. The Kier molecular flexibility index (Phi) is 4.90. The van der Waals surface area contributed by atoms with Gasteiger partial charge in [0.2, 0.25) is 5.88 Å². The molecule has 1 heterocycles. The van der Waals surface area contributed by atoms with E-state index in [1.807, 2.05) is 13.0 Å². The second-order valence-electron chi connectivity index (χ2n) is 5.92. The maximum atomic E-state index is 6.46. The first-order valence-corrected chi connectivity index (χ1v) is 8.92. The molecule has 102 valence electrons. The minimum absolute atomic E-state index is 0.563. The van der Waals surface area contributed by atoms with Crippen LogP contribution in [0.5, 0.6) is 5.88 Å². The average Bonchev–Trinajstić information content (AvgIpc) is 2.24. The average molecular weight is 266 g/mol. The predicted molar refractivity (Wildman–Crippen MR) is 78.4 cm³/mol. The van der Waals surface area contributed by atoms with Gasteiger partial charge in [-0.15, -0.1) is 0 Å². The molecule has 3 nitrogen and oxygen atoms in total. The zero-order valence-corrected chi connectivity index (χ0v) is 13.7. The van der Waals surface area contributed by atoms with E-state index in [-0.39, 0.29) is 0 Å². The van der Waals surface area contributed by atoms with Crippen LogP contribution in [0.15, 0.2) is 12.4 Å². The van der Waals surface area contributed by atoms with E-state index in [1.165, 1.54) is 0 Å². The van der Waals surface area contributed by atoms with E-state index < -0.39 is 8.32 Å². The maximum Gasteiger partial charge on any atom is 0.260 e. The van der Waals surface area contributed by atoms with Crippen LogP contribution < -0.4 is 4.43 Å². The molecule has 0 aliphatic rings. The van der Waals surface area contributed by atoms with Crippen LogP contribution in [-0.2, 0) is 0 Å². The normalized spacial score (nSPS) is 12.6. The smallest absolute Gasteiger partial charge is 0.260 e. The zero-order valence-electron chi connectivity index (χ0n) is 12.7. The Morgan fingerprint density at radius 2 is 1.44 bits per heavy atom. The van der Waals surface area contributed by atoms with E-state index in [1.54, 1.807) is 6.33 Å². The molecular weight excluding hydrogens is 240 g/mol. The molecule has 0 aromatic carbocycles. The van der Waals surface area contributed by atoms with Crippen LogP contribution in [0.1, 0.15) is 47.2 Å². The van der Waals surface area contributed by atoms with E-state index in [2.05, 4.69) is 51.5 Å². The Balaban J connectivity index is 3.12. The van der Waals surface area contributed by atoms with Crippen molar-refractivity contribution >= 4 is 8.32 Å². The number of hydrogen-bond donors (Lipinski definition) is 0. The minimum Gasteiger partial charge on any atom is -0.530 e. The van der Waals surface area contributed by atoms with Crippen LogP contribution in [-0.4, -0.2) is 18.3 Å². The van der Waals surface area contributed by atoms with Gasteiger partial charge in [0.15, 0.2) is 0 Å². The van der Waals surface area contributed by atoms with Gasteiger partial charge >= 0.3 is 0 Å². The van der Waals surface area contributed by atoms with Gasteiger partial charge in [-0.3, -0.25) is 0 Å². The molecule has 0 saturated heterocycles. The number of hydrogen-bond acceptors (Lipinski definition) is 3. The first kappa shape index (κ1) is 15.2. The molecule has 0 spiro atoms. The fraction of sp³-hybridized carbons (Fsp3) is 0.714. The van der Waals surface area contributed by atoms with Gasteiger partial charge in [-0.05, 0) is 23.5 Å². The van der Waals surface area contributed by atoms with Gasteiger partial charge in [-0.25, -0.2) is 9.97 Å². The highest BCUT2D eigenvalue weighted by atomic mass is 28.4. The molecule has 0 radical (unpaired) electrons. The van der Waals surface area contributed by atoms with Gasteiger partial charge in [0.1, 0.15) is 6.33 Å². The lowest BCUT2D eigenvalue weighted by Crippen LogP contribution is -2.50. The summed E-state index contributed by atoms with van der Waals surface area (Å²) in [4.78, 5) is 8.40. The third-order valence-electron chi connectivity index (χ3n) is 3.77. The van der Waals surface area contributed by atoms with Crippen molar-refractivity contribution in [2.45, 2.75) is 65.1 Å². The highest BCUT2D eigenvalue weighted by molar-refractivity contribution is 6.78. The predicted octanol–water partition coefficient (Wildman–Crippen LogP) is 4.34. The lowest BCUT2D eigenvalue weighted by molar-refractivity contribution is 0.462. The summed E-state index contributed by atoms with van der Waals surface area (Å²) in [5, 5.41) is 0. The molecule has 1 rings (SSSR count). The molecular formula is C14H26N2OSi. The monoisotopic (exact) mass is 266 g/mol. The van der Waals surface area contributed by atoms with Crippen LogP contribution in [0, 0.1) is 6.92 Å². The Bertz CT molecular complexity index is 369. The van der Waals surface area contributed by atoms with Crippen molar-refractivity contribution < 1.29 is 4.43 Å². The van der Waals surface area contributed by atoms with Crippen molar-refractivity contribution in [1.82, 2.24) is 9.97 Å². The quantitative estimate of drug-likeness (QED) is 0.744. The summed E-state index contributed by atoms with van der Waals surface area (Å²) in [5.41, 5.74) is 2.65. The zero-order chi connectivity index (χ0) is 13.9. The van der Waals surface area contributed by atoms with E-state index >= 15 is 0 Å². The van der Waals surface area contributed by atoms with E-state index in [0.29, 0.717) is 16.6 Å². The standard InChI is InChI=1S/C14H26N2OSi/c1-10(2)18(11(3)4,12(5)6)17-14-8-13(7)15-9-16-14/h8-12H,1-7H3. The van der Waals surface area contributed by atoms with Gasteiger partial charge in [0, 0.05) is 11.8 Å². The van der Waals surface area contributed by atoms with Crippen molar-refractivity contribution in [1.29, 1.82) is 0 Å². The molecule has 0 atom stereocenters. The van der Waals surface area contributed by atoms with Crippen molar-refractivity contribution in [2.24, 2.45) is 0 Å². The molecule has 1 aromatic rings. The topological polar surface area (TPSA) is 35.0 Å². The summed E-state index contributed by atoms with van der Waals surface area (Å²) < 4.78 is 6.46. The van der Waals surface area contributed by atoms with Crippen LogP contribution in [0.25, 0.3) is 0 Å². The van der Waals surface area contributed by atoms with Crippen LogP contribution in [0.4, 0.5) is 0 Å². The summed E-state index contributed by atoms with van der Waals surface area (Å²) in [6.07, 6.45) is 1.59. The minimum atomic E-state index is -1.88. The Hall–Kier alpha value is -0.903. The lowest BCUT2D eigenvalue weighted by atomic mass is 10.4. The molecule has 0 unspecified atom stereocenters. The molecule has 1 aromatic heterocycles.